The summed E-state index contributed by atoms with van der Waals surface area (Å²) < 4.78 is 5.08. The average molecular weight is 298 g/mol. The molecule has 22 heavy (non-hydrogen) atoms. The Hall–Kier alpha value is -1.81. The first kappa shape index (κ1) is 13.8. The van der Waals surface area contributed by atoms with Gasteiger partial charge in [0.2, 0.25) is 0 Å². The molecule has 3 atom stereocenters. The molecule has 1 aliphatic carbocycles. The van der Waals surface area contributed by atoms with Gasteiger partial charge in [-0.15, -0.1) is 0 Å². The number of para-hydroxylation sites is 1. The highest BCUT2D eigenvalue weighted by Gasteiger charge is 2.57. The molecule has 2 N–H and O–H groups in total. The topological polar surface area (TPSA) is 50.4 Å². The molecule has 116 valence electrons. The second-order valence-electron chi connectivity index (χ2n) is 6.54. The van der Waals surface area contributed by atoms with E-state index >= 15 is 0 Å². The summed E-state index contributed by atoms with van der Waals surface area (Å²) in [6.07, 6.45) is 2.89. The zero-order valence-corrected chi connectivity index (χ0v) is 13.1. The number of nitrogens with one attached hydrogen (secondary N) is 2. The molecular formula is C18H22N2O2. The fraction of sp³-hybridized carbons (Fsp3) is 0.500. The van der Waals surface area contributed by atoms with Crippen LogP contribution in [0, 0.1) is 5.92 Å². The first-order chi connectivity index (χ1) is 10.7. The fourth-order valence-corrected chi connectivity index (χ4v) is 4.78. The number of esters is 1. The van der Waals surface area contributed by atoms with Crippen molar-refractivity contribution in [1.82, 2.24) is 5.32 Å². The third kappa shape index (κ3) is 1.59. The average Bonchev–Trinajstić information content (AvgIpc) is 3.14. The predicted octanol–water partition coefficient (Wildman–Crippen LogP) is 2.57. The standard InChI is InChI=1S/C18H22N2O2/c1-3-11-10-12(17(21)22-2)16-18(8-9-19-15(11)18)13-6-4-5-7-14(13)20-16/h4-7,11,15,19-20H,3,8-10H2,1-2H3. The minimum atomic E-state index is -0.182. The van der Waals surface area contributed by atoms with Crippen LogP contribution in [0.1, 0.15) is 31.7 Å². The Balaban J connectivity index is 1.97. The minimum absolute atomic E-state index is 0.0843. The Kier molecular flexibility index (Phi) is 3.05. The normalized spacial score (nSPS) is 32.1. The zero-order valence-electron chi connectivity index (χ0n) is 13.1. The van der Waals surface area contributed by atoms with Gasteiger partial charge in [0.05, 0.1) is 18.1 Å². The molecule has 0 bridgehead atoms. The Morgan fingerprint density at radius 2 is 2.23 bits per heavy atom. The van der Waals surface area contributed by atoms with Gasteiger partial charge in [-0.05, 0) is 36.9 Å². The quantitative estimate of drug-likeness (QED) is 0.824. The Bertz CT molecular complexity index is 667. The maximum atomic E-state index is 12.4. The number of fused-ring (bicyclic) bond motifs is 1. The summed E-state index contributed by atoms with van der Waals surface area (Å²) in [4.78, 5) is 12.4. The van der Waals surface area contributed by atoms with Gasteiger partial charge in [0.25, 0.3) is 0 Å². The highest BCUT2D eigenvalue weighted by molar-refractivity contribution is 5.92. The van der Waals surface area contributed by atoms with Crippen LogP contribution in [0.5, 0.6) is 0 Å². The van der Waals surface area contributed by atoms with Gasteiger partial charge in [0, 0.05) is 17.4 Å². The number of hydrogen-bond acceptors (Lipinski definition) is 4. The fourth-order valence-electron chi connectivity index (χ4n) is 4.78. The van der Waals surface area contributed by atoms with Crippen LogP contribution in [0.3, 0.4) is 0 Å². The van der Waals surface area contributed by atoms with Crippen molar-refractivity contribution in [2.75, 3.05) is 19.0 Å². The van der Waals surface area contributed by atoms with Gasteiger partial charge in [0.15, 0.2) is 0 Å². The number of carbonyl (C=O) groups is 1. The summed E-state index contributed by atoms with van der Waals surface area (Å²) in [7, 11) is 1.48. The predicted molar refractivity (Wildman–Crippen MR) is 85.6 cm³/mol. The second-order valence-corrected chi connectivity index (χ2v) is 6.54. The van der Waals surface area contributed by atoms with Crippen molar-refractivity contribution in [3.63, 3.8) is 0 Å². The number of anilines is 1. The summed E-state index contributed by atoms with van der Waals surface area (Å²) in [6.45, 7) is 3.21. The van der Waals surface area contributed by atoms with Gasteiger partial charge in [-0.1, -0.05) is 31.5 Å². The van der Waals surface area contributed by atoms with Crippen LogP contribution >= 0.6 is 0 Å². The lowest BCUT2D eigenvalue weighted by atomic mass is 9.63. The molecule has 3 aliphatic rings. The van der Waals surface area contributed by atoms with Gasteiger partial charge in [-0.25, -0.2) is 4.79 Å². The van der Waals surface area contributed by atoms with E-state index in [-0.39, 0.29) is 11.4 Å². The van der Waals surface area contributed by atoms with Crippen LogP contribution in [0.15, 0.2) is 35.5 Å². The number of carbonyl (C=O) groups excluding carboxylic acids is 1. The van der Waals surface area contributed by atoms with Gasteiger partial charge >= 0.3 is 5.97 Å². The van der Waals surface area contributed by atoms with Gasteiger partial charge in [-0.2, -0.15) is 0 Å². The number of benzene rings is 1. The molecule has 1 aromatic carbocycles. The Morgan fingerprint density at radius 3 is 3.00 bits per heavy atom. The molecule has 0 radical (unpaired) electrons. The van der Waals surface area contributed by atoms with Crippen LogP contribution in [-0.4, -0.2) is 25.7 Å². The summed E-state index contributed by atoms with van der Waals surface area (Å²) in [5.74, 6) is 0.284. The van der Waals surface area contributed by atoms with Crippen molar-refractivity contribution < 1.29 is 9.53 Å². The van der Waals surface area contributed by atoms with Crippen LogP contribution < -0.4 is 10.6 Å². The number of hydrogen-bond donors (Lipinski definition) is 2. The van der Waals surface area contributed by atoms with Crippen LogP contribution in [-0.2, 0) is 14.9 Å². The number of ether oxygens (including phenoxy) is 1. The summed E-state index contributed by atoms with van der Waals surface area (Å²) in [5, 5.41) is 7.26. The third-order valence-electron chi connectivity index (χ3n) is 5.72. The lowest BCUT2D eigenvalue weighted by Crippen LogP contribution is -2.50. The summed E-state index contributed by atoms with van der Waals surface area (Å²) in [6, 6.07) is 8.87. The highest BCUT2D eigenvalue weighted by Crippen LogP contribution is 2.56. The molecule has 2 aliphatic heterocycles. The van der Waals surface area contributed by atoms with E-state index in [4.69, 9.17) is 4.74 Å². The molecule has 2 heterocycles. The molecule has 1 spiro atoms. The lowest BCUT2D eigenvalue weighted by Gasteiger charge is -2.42. The van der Waals surface area contributed by atoms with Crippen LogP contribution in [0.4, 0.5) is 5.69 Å². The first-order valence-electron chi connectivity index (χ1n) is 8.14. The summed E-state index contributed by atoms with van der Waals surface area (Å²) in [5.41, 5.74) is 4.31. The van der Waals surface area contributed by atoms with E-state index in [0.29, 0.717) is 12.0 Å². The molecule has 4 nitrogen and oxygen atoms in total. The van der Waals surface area contributed by atoms with Crippen LogP contribution in [0.2, 0.25) is 0 Å². The van der Waals surface area contributed by atoms with Gasteiger partial charge in [0.1, 0.15) is 0 Å². The zero-order chi connectivity index (χ0) is 15.3. The molecular weight excluding hydrogens is 276 g/mol. The molecule has 4 heteroatoms. The highest BCUT2D eigenvalue weighted by atomic mass is 16.5. The number of rotatable bonds is 2. The third-order valence-corrected chi connectivity index (χ3v) is 5.72. The molecule has 3 unspecified atom stereocenters. The van der Waals surface area contributed by atoms with E-state index < -0.39 is 0 Å². The number of methoxy groups -OCH3 is 1. The molecule has 1 aromatic rings. The smallest absolute Gasteiger partial charge is 0.335 e. The van der Waals surface area contributed by atoms with E-state index in [0.717, 1.165) is 42.8 Å². The van der Waals surface area contributed by atoms with Crippen molar-refractivity contribution in [2.24, 2.45) is 5.92 Å². The second kappa shape index (κ2) is 4.85. The molecule has 1 fully saturated rings. The van der Waals surface area contributed by atoms with E-state index in [9.17, 15) is 4.79 Å². The van der Waals surface area contributed by atoms with Gasteiger partial charge < -0.3 is 15.4 Å². The first-order valence-corrected chi connectivity index (χ1v) is 8.14. The molecule has 1 saturated heterocycles. The van der Waals surface area contributed by atoms with E-state index in [2.05, 4.69) is 35.8 Å². The molecule has 0 saturated carbocycles. The lowest BCUT2D eigenvalue weighted by molar-refractivity contribution is -0.136. The maximum Gasteiger partial charge on any atom is 0.335 e. The Labute approximate surface area is 130 Å². The largest absolute Gasteiger partial charge is 0.466 e. The Morgan fingerprint density at radius 1 is 1.41 bits per heavy atom. The molecule has 0 aromatic heterocycles. The monoisotopic (exact) mass is 298 g/mol. The maximum absolute atomic E-state index is 12.4. The van der Waals surface area contributed by atoms with Crippen LogP contribution in [0.25, 0.3) is 0 Å². The van der Waals surface area contributed by atoms with Crippen molar-refractivity contribution >= 4 is 11.7 Å². The van der Waals surface area contributed by atoms with E-state index in [1.54, 1.807) is 0 Å². The molecule has 0 amide bonds. The van der Waals surface area contributed by atoms with E-state index in [1.165, 1.54) is 12.7 Å². The SMILES string of the molecule is CCC1CC(C(=O)OC)=C2Nc3ccccc3C23CCNC13. The van der Waals surface area contributed by atoms with Crippen molar-refractivity contribution in [3.8, 4) is 0 Å². The van der Waals surface area contributed by atoms with Crippen molar-refractivity contribution in [1.29, 1.82) is 0 Å². The van der Waals surface area contributed by atoms with Crippen molar-refractivity contribution in [2.45, 2.75) is 37.6 Å². The van der Waals surface area contributed by atoms with Gasteiger partial charge in [-0.3, -0.25) is 0 Å². The van der Waals surface area contributed by atoms with Crippen molar-refractivity contribution in [3.05, 3.63) is 41.1 Å². The van der Waals surface area contributed by atoms with E-state index in [1.807, 2.05) is 6.07 Å². The summed E-state index contributed by atoms with van der Waals surface area (Å²) >= 11 is 0. The minimum Gasteiger partial charge on any atom is -0.466 e. The molecule has 4 rings (SSSR count).